The lowest BCUT2D eigenvalue weighted by Crippen LogP contribution is -2.60. The van der Waals surface area contributed by atoms with Gasteiger partial charge in [-0.2, -0.15) is 22.8 Å². The molecule has 40 heavy (non-hydrogen) atoms. The van der Waals surface area contributed by atoms with Crippen molar-refractivity contribution in [1.29, 1.82) is 0 Å². The summed E-state index contributed by atoms with van der Waals surface area (Å²) in [6, 6.07) is 5.29. The topological polar surface area (TPSA) is 187 Å². The zero-order chi connectivity index (χ0) is 29.3. The van der Waals surface area contributed by atoms with E-state index in [1.807, 2.05) is 0 Å². The molecule has 3 atom stereocenters. The van der Waals surface area contributed by atoms with E-state index in [0.29, 0.717) is 38.3 Å². The number of hydroxylamine groups is 2. The van der Waals surface area contributed by atoms with Crippen molar-refractivity contribution in [2.75, 3.05) is 38.5 Å². The van der Waals surface area contributed by atoms with Gasteiger partial charge in [0.25, 0.3) is 15.8 Å². The molecule has 0 aliphatic carbocycles. The van der Waals surface area contributed by atoms with Gasteiger partial charge in [0, 0.05) is 57.5 Å². The van der Waals surface area contributed by atoms with Crippen molar-refractivity contribution in [2.24, 2.45) is 0 Å². The number of carbonyl (C=O) groups is 3. The van der Waals surface area contributed by atoms with Gasteiger partial charge in [0.05, 0.1) is 10.2 Å². The number of nitrogens with zero attached hydrogens (tertiary/aromatic N) is 3. The van der Waals surface area contributed by atoms with Crippen molar-refractivity contribution in [1.82, 2.24) is 20.8 Å². The van der Waals surface area contributed by atoms with Crippen LogP contribution in [-0.4, -0.2) is 96.5 Å². The first kappa shape index (κ1) is 31.7. The van der Waals surface area contributed by atoms with Crippen LogP contribution >= 0.6 is 11.8 Å². The quantitative estimate of drug-likeness (QED) is 0.178. The molecule has 2 aliphatic rings. The zero-order valence-corrected chi connectivity index (χ0v) is 23.8. The van der Waals surface area contributed by atoms with E-state index in [4.69, 9.17) is 13.8 Å². The molecule has 2 aliphatic heterocycles. The number of hydrogen-bond donors (Lipinski definition) is 2. The number of nitro benzene ring substituents is 1. The molecule has 2 heterocycles. The van der Waals surface area contributed by atoms with E-state index in [2.05, 4.69) is 10.7 Å². The van der Waals surface area contributed by atoms with Gasteiger partial charge in [-0.05, 0) is 37.5 Å². The number of thioether (sulfide) groups is 1. The van der Waals surface area contributed by atoms with Gasteiger partial charge in [0.15, 0.2) is 11.5 Å². The van der Waals surface area contributed by atoms with Gasteiger partial charge >= 0.3 is 11.9 Å². The number of hydrazine groups is 1. The van der Waals surface area contributed by atoms with Crippen LogP contribution in [0, 0.1) is 10.1 Å². The van der Waals surface area contributed by atoms with Crippen molar-refractivity contribution >= 4 is 45.4 Å². The van der Waals surface area contributed by atoms with E-state index in [-0.39, 0.29) is 18.0 Å². The Bertz CT molecular complexity index is 1160. The minimum Gasteiger partial charge on any atom is -0.460 e. The number of ether oxygens (including phenoxy) is 2. The molecule has 1 amide bonds. The second-order valence-corrected chi connectivity index (χ2v) is 12.2. The van der Waals surface area contributed by atoms with Gasteiger partial charge in [0.1, 0.15) is 6.61 Å². The fourth-order valence-electron chi connectivity index (χ4n) is 3.84. The summed E-state index contributed by atoms with van der Waals surface area (Å²) in [5, 5.41) is 14.1. The zero-order valence-electron chi connectivity index (χ0n) is 22.1. The highest BCUT2D eigenvalue weighted by molar-refractivity contribution is 8.01. The molecule has 3 rings (SSSR count). The summed E-state index contributed by atoms with van der Waals surface area (Å²) in [7, 11) is -4.46. The summed E-state index contributed by atoms with van der Waals surface area (Å²) in [5.74, 6) is -2.39. The Kier molecular flexibility index (Phi) is 11.6. The number of non-ortho nitro benzene ring substituents is 1. The third-order valence-corrected chi connectivity index (χ3v) is 8.96. The molecule has 0 radical (unpaired) electrons. The van der Waals surface area contributed by atoms with E-state index >= 15 is 0 Å². The number of hydrogen-bond acceptors (Lipinski definition) is 14. The van der Waals surface area contributed by atoms with E-state index in [0.717, 1.165) is 24.6 Å². The number of carbonyl (C=O) groups excluding carboxylic acids is 3. The van der Waals surface area contributed by atoms with Crippen LogP contribution in [0.1, 0.15) is 32.3 Å². The molecule has 2 fully saturated rings. The molecule has 1 aromatic carbocycles. The minimum absolute atomic E-state index is 0.141. The molecule has 222 valence electrons. The predicted octanol–water partition coefficient (Wildman–Crippen LogP) is 0.311. The third-order valence-electron chi connectivity index (χ3n) is 6.03. The fraction of sp³-hybridized carbons (Fsp3) is 0.609. The lowest BCUT2D eigenvalue weighted by Gasteiger charge is -2.35. The van der Waals surface area contributed by atoms with Gasteiger partial charge in [-0.3, -0.25) is 29.9 Å². The highest BCUT2D eigenvalue weighted by Crippen LogP contribution is 2.22. The SMILES string of the molecule is CC(=O)O[C@H]1CNCCN1NC(=O)[C@H](C)SC[C@H](C(=O)OCc1ccc([N+](=O)[O-])cc1)S(=O)(=O)ON1CCCC1. The van der Waals surface area contributed by atoms with Crippen LogP contribution in [0.4, 0.5) is 5.69 Å². The molecule has 2 N–H and O–H groups in total. The van der Waals surface area contributed by atoms with E-state index in [1.54, 1.807) is 6.92 Å². The number of nitro groups is 1. The molecular weight excluding hydrogens is 570 g/mol. The number of nitrogens with one attached hydrogen (secondary N) is 2. The molecule has 15 nitrogen and oxygen atoms in total. The van der Waals surface area contributed by atoms with Crippen LogP contribution in [0.15, 0.2) is 24.3 Å². The van der Waals surface area contributed by atoms with Crippen molar-refractivity contribution in [3.05, 3.63) is 39.9 Å². The normalized spacial score (nSPS) is 19.9. The molecule has 0 bridgehead atoms. The highest BCUT2D eigenvalue weighted by Gasteiger charge is 2.39. The maximum atomic E-state index is 13.1. The maximum Gasteiger partial charge on any atom is 0.328 e. The summed E-state index contributed by atoms with van der Waals surface area (Å²) >= 11 is 0.921. The van der Waals surface area contributed by atoms with E-state index < -0.39 is 49.6 Å². The van der Waals surface area contributed by atoms with Crippen molar-refractivity contribution in [2.45, 2.75) is 50.0 Å². The molecule has 2 saturated heterocycles. The Balaban J connectivity index is 1.64. The first-order chi connectivity index (χ1) is 19.0. The summed E-state index contributed by atoms with van der Waals surface area (Å²) in [4.78, 5) is 47.5. The summed E-state index contributed by atoms with van der Waals surface area (Å²) in [6.07, 6.45) is 0.789. The second-order valence-electron chi connectivity index (χ2n) is 9.14. The number of amides is 1. The van der Waals surface area contributed by atoms with Crippen LogP contribution in [-0.2, 0) is 44.9 Å². The summed E-state index contributed by atoms with van der Waals surface area (Å²) in [6.45, 7) is 4.53. The van der Waals surface area contributed by atoms with Crippen LogP contribution in [0.25, 0.3) is 0 Å². The molecule has 0 unspecified atom stereocenters. The molecule has 0 spiro atoms. The van der Waals surface area contributed by atoms with Gasteiger partial charge in [-0.1, -0.05) is 0 Å². The Morgan fingerprint density at radius 1 is 1.20 bits per heavy atom. The lowest BCUT2D eigenvalue weighted by molar-refractivity contribution is -0.384. The lowest BCUT2D eigenvalue weighted by atomic mass is 10.2. The van der Waals surface area contributed by atoms with Gasteiger partial charge < -0.3 is 14.8 Å². The molecular formula is C23H33N5O10S2. The summed E-state index contributed by atoms with van der Waals surface area (Å²) in [5.41, 5.74) is 2.97. The van der Waals surface area contributed by atoms with Crippen LogP contribution in [0.2, 0.25) is 0 Å². The fourth-order valence-corrected chi connectivity index (χ4v) is 6.39. The van der Waals surface area contributed by atoms with Crippen LogP contribution < -0.4 is 10.7 Å². The number of piperazine rings is 1. The van der Waals surface area contributed by atoms with Crippen molar-refractivity contribution < 1.29 is 41.5 Å². The van der Waals surface area contributed by atoms with Gasteiger partial charge in [-0.15, -0.1) is 11.8 Å². The van der Waals surface area contributed by atoms with E-state index in [9.17, 15) is 32.9 Å². The van der Waals surface area contributed by atoms with Gasteiger partial charge in [0.2, 0.25) is 5.91 Å². The Labute approximate surface area is 236 Å². The van der Waals surface area contributed by atoms with E-state index in [1.165, 1.54) is 41.3 Å². The van der Waals surface area contributed by atoms with Gasteiger partial charge in [-0.25, -0.2) is 0 Å². The standard InChI is InChI=1S/C23H33N5O10S2/c1-16(22(30)25-27-12-9-24-13-21(27)37-17(2)29)39-15-20(40(34,35)38-26-10-3-4-11-26)23(31)36-14-18-5-7-19(8-6-18)28(32)33/h5-8,16,20-21,24H,3-4,9-15H2,1-2H3,(H,25,30)/t16-,20+,21-/m0/s1. The summed E-state index contributed by atoms with van der Waals surface area (Å²) < 4.78 is 41.8. The maximum absolute atomic E-state index is 13.1. The van der Waals surface area contributed by atoms with Crippen LogP contribution in [0.3, 0.4) is 0 Å². The highest BCUT2D eigenvalue weighted by atomic mass is 32.2. The molecule has 0 saturated carbocycles. The molecule has 1 aromatic rings. The monoisotopic (exact) mass is 603 g/mol. The number of esters is 2. The third kappa shape index (κ3) is 9.38. The van der Waals surface area contributed by atoms with Crippen molar-refractivity contribution in [3.8, 4) is 0 Å². The number of rotatable bonds is 13. The van der Waals surface area contributed by atoms with Crippen LogP contribution in [0.5, 0.6) is 0 Å². The Hall–Kier alpha value is -2.83. The number of benzene rings is 1. The first-order valence-corrected chi connectivity index (χ1v) is 15.1. The minimum atomic E-state index is -4.46. The Morgan fingerprint density at radius 2 is 1.88 bits per heavy atom. The average Bonchev–Trinajstić information content (AvgIpc) is 3.40. The average molecular weight is 604 g/mol. The first-order valence-electron chi connectivity index (χ1n) is 12.6. The Morgan fingerprint density at radius 3 is 2.50 bits per heavy atom. The predicted molar refractivity (Wildman–Crippen MR) is 143 cm³/mol. The van der Waals surface area contributed by atoms with Crippen molar-refractivity contribution in [3.63, 3.8) is 0 Å². The smallest absolute Gasteiger partial charge is 0.328 e. The molecule has 17 heteroatoms. The second kappa shape index (κ2) is 14.7. The molecule has 0 aromatic heterocycles. The largest absolute Gasteiger partial charge is 0.460 e.